The number of ether oxygens (including phenoxy) is 1. The number of carboxylic acid groups (broad SMARTS) is 1. The van der Waals surface area contributed by atoms with Gasteiger partial charge >= 0.3 is 5.97 Å². The van der Waals surface area contributed by atoms with Crippen molar-refractivity contribution in [1.82, 2.24) is 4.40 Å². The van der Waals surface area contributed by atoms with E-state index >= 15 is 0 Å². The zero-order valence-electron chi connectivity index (χ0n) is 14.5. The second-order valence-corrected chi connectivity index (χ2v) is 8.37. The summed E-state index contributed by atoms with van der Waals surface area (Å²) < 4.78 is 8.09. The summed E-state index contributed by atoms with van der Waals surface area (Å²) >= 11 is 1.40. The minimum absolute atomic E-state index is 0.428. The molecular formula is C21H21NO3S. The summed E-state index contributed by atoms with van der Waals surface area (Å²) in [6.45, 7) is 0.535. The highest BCUT2D eigenvalue weighted by molar-refractivity contribution is 8.12. The van der Waals surface area contributed by atoms with E-state index < -0.39 is 5.97 Å². The normalized spacial score (nSPS) is 20.7. The van der Waals surface area contributed by atoms with Gasteiger partial charge in [0.15, 0.2) is 0 Å². The zero-order valence-corrected chi connectivity index (χ0v) is 15.3. The second-order valence-electron chi connectivity index (χ2n) is 7.31. The maximum Gasteiger partial charge on any atom is 0.342 e. The fraction of sp³-hybridized carbons (Fsp3) is 0.381. The first-order valence-electron chi connectivity index (χ1n) is 9.32. The van der Waals surface area contributed by atoms with Crippen LogP contribution in [0.25, 0.3) is 16.7 Å². The Morgan fingerprint density at radius 2 is 2.12 bits per heavy atom. The van der Waals surface area contributed by atoms with E-state index in [1.54, 1.807) is 0 Å². The number of carboxylic acids is 1. The van der Waals surface area contributed by atoms with Crippen LogP contribution < -0.4 is 5.35 Å². The molecule has 134 valence electrons. The number of hydrogen-bond acceptors (Lipinski definition) is 3. The van der Waals surface area contributed by atoms with Crippen LogP contribution in [-0.2, 0) is 9.53 Å². The summed E-state index contributed by atoms with van der Waals surface area (Å²) in [5.41, 5.74) is 5.07. The van der Waals surface area contributed by atoms with Gasteiger partial charge in [0.2, 0.25) is 0 Å². The Labute approximate surface area is 156 Å². The Kier molecular flexibility index (Phi) is 3.85. The first kappa shape index (κ1) is 16.1. The van der Waals surface area contributed by atoms with Crippen molar-refractivity contribution in [3.05, 3.63) is 51.4 Å². The fourth-order valence-corrected chi connectivity index (χ4v) is 5.67. The number of rotatable bonds is 2. The number of carbonyl (C=O) groups is 1. The van der Waals surface area contributed by atoms with Crippen molar-refractivity contribution in [2.75, 3.05) is 6.61 Å². The summed E-state index contributed by atoms with van der Waals surface area (Å²) in [7, 11) is 0. The zero-order chi connectivity index (χ0) is 17.7. The molecule has 0 spiro atoms. The number of hydrogen-bond donors (Lipinski definition) is 1. The van der Waals surface area contributed by atoms with Gasteiger partial charge in [0.1, 0.15) is 12.9 Å². The molecule has 0 amide bonds. The highest BCUT2D eigenvalue weighted by Gasteiger charge is 2.31. The molecule has 4 heterocycles. The minimum atomic E-state index is -0.838. The van der Waals surface area contributed by atoms with Crippen LogP contribution in [0.1, 0.15) is 55.6 Å². The van der Waals surface area contributed by atoms with Gasteiger partial charge in [-0.25, -0.2) is 4.79 Å². The van der Waals surface area contributed by atoms with Gasteiger partial charge < -0.3 is 14.2 Å². The molecule has 0 atom stereocenters. The third-order valence-corrected chi connectivity index (χ3v) is 7.04. The lowest BCUT2D eigenvalue weighted by atomic mass is 9.82. The van der Waals surface area contributed by atoms with Gasteiger partial charge in [-0.3, -0.25) is 0 Å². The van der Waals surface area contributed by atoms with Crippen LogP contribution in [0.3, 0.4) is 0 Å². The number of thioether (sulfide) groups is 1. The van der Waals surface area contributed by atoms with E-state index in [9.17, 15) is 9.90 Å². The average Bonchev–Trinajstić information content (AvgIpc) is 3.18. The topological polar surface area (TPSA) is 50.9 Å². The molecule has 4 nitrogen and oxygen atoms in total. The maximum absolute atomic E-state index is 11.6. The summed E-state index contributed by atoms with van der Waals surface area (Å²) in [5, 5.41) is 10.6. The fourth-order valence-electron chi connectivity index (χ4n) is 4.59. The highest BCUT2D eigenvalue weighted by atomic mass is 32.2. The summed E-state index contributed by atoms with van der Waals surface area (Å²) in [4.78, 5) is 13.1. The van der Waals surface area contributed by atoms with E-state index in [1.165, 1.54) is 66.1 Å². The van der Waals surface area contributed by atoms with Crippen molar-refractivity contribution in [3.8, 4) is 0 Å². The number of aliphatic carboxylic acids is 1. The Hall–Kier alpha value is -2.14. The minimum Gasteiger partial charge on any atom is -0.495 e. The molecule has 5 rings (SSSR count). The van der Waals surface area contributed by atoms with Crippen molar-refractivity contribution in [2.45, 2.75) is 44.4 Å². The Bertz CT molecular complexity index is 1010. The molecule has 26 heavy (non-hydrogen) atoms. The monoisotopic (exact) mass is 367 g/mol. The predicted molar refractivity (Wildman–Crippen MR) is 104 cm³/mol. The molecule has 1 aliphatic carbocycles. The largest absolute Gasteiger partial charge is 0.495 e. The van der Waals surface area contributed by atoms with Crippen molar-refractivity contribution < 1.29 is 14.6 Å². The SMILES string of the molecule is O=C(O)C1=CCC2=C(S1)c1c(C3CCCCC3)c3cccn3c1=COC2. The van der Waals surface area contributed by atoms with E-state index in [-0.39, 0.29) is 0 Å². The smallest absolute Gasteiger partial charge is 0.342 e. The van der Waals surface area contributed by atoms with Gasteiger partial charge in [-0.15, -0.1) is 0 Å². The van der Waals surface area contributed by atoms with E-state index in [0.717, 1.165) is 10.3 Å². The van der Waals surface area contributed by atoms with Crippen LogP contribution in [0.2, 0.25) is 0 Å². The van der Waals surface area contributed by atoms with Crippen molar-refractivity contribution >= 4 is 34.4 Å². The molecule has 0 radical (unpaired) electrons. The van der Waals surface area contributed by atoms with Gasteiger partial charge in [0.25, 0.3) is 0 Å². The molecule has 1 saturated carbocycles. The van der Waals surface area contributed by atoms with E-state index in [0.29, 0.717) is 23.9 Å². The van der Waals surface area contributed by atoms with Gasteiger partial charge in [-0.1, -0.05) is 37.1 Å². The van der Waals surface area contributed by atoms with Crippen LogP contribution >= 0.6 is 11.8 Å². The van der Waals surface area contributed by atoms with E-state index in [4.69, 9.17) is 4.74 Å². The quantitative estimate of drug-likeness (QED) is 0.860. The van der Waals surface area contributed by atoms with Gasteiger partial charge in [-0.05, 0) is 48.4 Å². The molecule has 2 aromatic heterocycles. The summed E-state index contributed by atoms with van der Waals surface area (Å²) in [6.07, 6.45) is 12.7. The molecule has 0 aromatic carbocycles. The number of aromatic nitrogens is 1. The molecule has 0 saturated heterocycles. The second kappa shape index (κ2) is 6.23. The van der Waals surface area contributed by atoms with Gasteiger partial charge in [-0.2, -0.15) is 0 Å². The first-order chi connectivity index (χ1) is 12.7. The maximum atomic E-state index is 11.6. The van der Waals surface area contributed by atoms with Crippen molar-refractivity contribution in [2.24, 2.45) is 0 Å². The van der Waals surface area contributed by atoms with Crippen molar-refractivity contribution in [1.29, 1.82) is 0 Å². The molecular weight excluding hydrogens is 346 g/mol. The molecule has 2 aromatic rings. The van der Waals surface area contributed by atoms with Gasteiger partial charge in [0, 0.05) is 22.2 Å². The molecule has 3 aliphatic rings. The lowest BCUT2D eigenvalue weighted by Gasteiger charge is -2.24. The van der Waals surface area contributed by atoms with Crippen LogP contribution in [-0.4, -0.2) is 22.1 Å². The lowest BCUT2D eigenvalue weighted by molar-refractivity contribution is -0.131. The average molecular weight is 367 g/mol. The Morgan fingerprint density at radius 3 is 2.92 bits per heavy atom. The molecule has 5 heteroatoms. The summed E-state index contributed by atoms with van der Waals surface area (Å²) in [6, 6.07) is 4.28. The van der Waals surface area contributed by atoms with Crippen LogP contribution in [0.15, 0.2) is 34.9 Å². The molecule has 1 N–H and O–H groups in total. The van der Waals surface area contributed by atoms with Crippen LogP contribution in [0, 0.1) is 0 Å². The molecule has 0 unspecified atom stereocenters. The van der Waals surface area contributed by atoms with Crippen LogP contribution in [0.4, 0.5) is 0 Å². The highest BCUT2D eigenvalue weighted by Crippen LogP contribution is 2.46. The standard InChI is InChI=1S/C21H21NO3S/c23-21(24)17-9-8-14-11-25-12-16-19(20(14)26-17)18(13-5-2-1-3-6-13)15-7-4-10-22(15)16/h4,7,9-10,12-13H,1-3,5-6,8,11H2,(H,23,24). The number of allylic oxidation sites excluding steroid dienone is 1. The van der Waals surface area contributed by atoms with Gasteiger partial charge in [0.05, 0.1) is 10.3 Å². The first-order valence-corrected chi connectivity index (χ1v) is 10.1. The number of fused-ring (bicyclic) bond motifs is 4. The summed E-state index contributed by atoms with van der Waals surface area (Å²) in [5.74, 6) is -0.292. The molecule has 0 bridgehead atoms. The Morgan fingerprint density at radius 1 is 1.27 bits per heavy atom. The third kappa shape index (κ3) is 2.41. The predicted octanol–water partition coefficient (Wildman–Crippen LogP) is 4.29. The lowest BCUT2D eigenvalue weighted by Crippen LogP contribution is -2.14. The van der Waals surface area contributed by atoms with E-state index in [1.807, 2.05) is 12.3 Å². The third-order valence-electron chi connectivity index (χ3n) is 5.78. The van der Waals surface area contributed by atoms with E-state index in [2.05, 4.69) is 22.7 Å². The molecule has 1 fully saturated rings. The Balaban J connectivity index is 1.74. The number of nitrogens with zero attached hydrogens (tertiary/aromatic N) is 1. The van der Waals surface area contributed by atoms with Crippen molar-refractivity contribution in [3.63, 3.8) is 0 Å². The van der Waals surface area contributed by atoms with Crippen LogP contribution in [0.5, 0.6) is 0 Å². The molecule has 2 aliphatic heterocycles.